The Labute approximate surface area is 129 Å². The van der Waals surface area contributed by atoms with Crippen molar-refractivity contribution in [2.24, 2.45) is 0 Å². The van der Waals surface area contributed by atoms with Gasteiger partial charge in [0, 0.05) is 18.3 Å². The molecule has 0 fully saturated rings. The standard InChI is InChI=1S/C17H18N2O3/c1-12-7-8-15(18-11-12)19(10-9-16(20)21)17(22)14-6-4-3-5-13(14)2/h3-8,11H,9-10H2,1-2H3,(H,20,21). The highest BCUT2D eigenvalue weighted by Gasteiger charge is 2.20. The van der Waals surface area contributed by atoms with E-state index >= 15 is 0 Å². The van der Waals surface area contributed by atoms with E-state index in [-0.39, 0.29) is 18.9 Å². The van der Waals surface area contributed by atoms with Crippen molar-refractivity contribution in [3.05, 3.63) is 59.3 Å². The largest absolute Gasteiger partial charge is 0.481 e. The van der Waals surface area contributed by atoms with Crippen molar-refractivity contribution in [3.63, 3.8) is 0 Å². The minimum atomic E-state index is -0.949. The van der Waals surface area contributed by atoms with Crippen LogP contribution in [0.4, 0.5) is 5.82 Å². The Bertz CT molecular complexity index is 681. The number of rotatable bonds is 5. The quantitative estimate of drug-likeness (QED) is 0.921. The summed E-state index contributed by atoms with van der Waals surface area (Å²) in [6, 6.07) is 10.8. The Morgan fingerprint density at radius 2 is 1.86 bits per heavy atom. The van der Waals surface area contributed by atoms with Crippen LogP contribution in [-0.2, 0) is 4.79 Å². The minimum absolute atomic E-state index is 0.0819. The first-order valence-corrected chi connectivity index (χ1v) is 7.01. The number of nitrogens with zero attached hydrogens (tertiary/aromatic N) is 2. The fourth-order valence-electron chi connectivity index (χ4n) is 2.11. The molecule has 1 N–H and O–H groups in total. The van der Waals surface area contributed by atoms with Crippen molar-refractivity contribution in [2.45, 2.75) is 20.3 Å². The van der Waals surface area contributed by atoms with Crippen LogP contribution in [0.25, 0.3) is 0 Å². The smallest absolute Gasteiger partial charge is 0.305 e. The van der Waals surface area contributed by atoms with E-state index in [2.05, 4.69) is 4.98 Å². The molecule has 0 radical (unpaired) electrons. The van der Waals surface area contributed by atoms with Crippen LogP contribution >= 0.6 is 0 Å². The zero-order chi connectivity index (χ0) is 16.1. The van der Waals surface area contributed by atoms with Gasteiger partial charge in [0.25, 0.3) is 5.91 Å². The first-order chi connectivity index (χ1) is 10.5. The first kappa shape index (κ1) is 15.7. The van der Waals surface area contributed by atoms with Crippen molar-refractivity contribution < 1.29 is 14.7 Å². The number of hydrogen-bond acceptors (Lipinski definition) is 3. The van der Waals surface area contributed by atoms with Gasteiger partial charge in [0.1, 0.15) is 5.82 Å². The molecule has 1 amide bonds. The molecule has 0 atom stereocenters. The number of benzene rings is 1. The summed E-state index contributed by atoms with van der Waals surface area (Å²) in [7, 11) is 0. The molecule has 22 heavy (non-hydrogen) atoms. The number of aryl methyl sites for hydroxylation is 2. The predicted molar refractivity (Wildman–Crippen MR) is 84.1 cm³/mol. The van der Waals surface area contributed by atoms with Gasteiger partial charge >= 0.3 is 5.97 Å². The molecule has 114 valence electrons. The number of aromatic nitrogens is 1. The molecule has 0 saturated heterocycles. The second-order valence-corrected chi connectivity index (χ2v) is 5.11. The lowest BCUT2D eigenvalue weighted by molar-refractivity contribution is -0.136. The highest BCUT2D eigenvalue weighted by molar-refractivity contribution is 6.06. The Kier molecular flexibility index (Phi) is 4.88. The average molecular weight is 298 g/mol. The van der Waals surface area contributed by atoms with E-state index in [0.29, 0.717) is 11.4 Å². The van der Waals surface area contributed by atoms with E-state index < -0.39 is 5.97 Å². The molecule has 0 unspecified atom stereocenters. The third-order valence-corrected chi connectivity index (χ3v) is 3.34. The SMILES string of the molecule is Cc1ccc(N(CCC(=O)O)C(=O)c2ccccc2C)nc1. The molecule has 1 aromatic heterocycles. The van der Waals surface area contributed by atoms with Gasteiger partial charge < -0.3 is 5.11 Å². The summed E-state index contributed by atoms with van der Waals surface area (Å²) in [5.41, 5.74) is 2.38. The third kappa shape index (κ3) is 3.69. The molecule has 1 heterocycles. The number of carbonyl (C=O) groups is 2. The van der Waals surface area contributed by atoms with Crippen molar-refractivity contribution in [1.29, 1.82) is 0 Å². The number of hydrogen-bond donors (Lipinski definition) is 1. The van der Waals surface area contributed by atoms with E-state index in [1.165, 1.54) is 4.90 Å². The summed E-state index contributed by atoms with van der Waals surface area (Å²) in [4.78, 5) is 29.3. The number of carboxylic acids is 1. The van der Waals surface area contributed by atoms with E-state index in [9.17, 15) is 9.59 Å². The number of pyridine rings is 1. The molecular formula is C17H18N2O3. The van der Waals surface area contributed by atoms with Crippen LogP contribution in [0.1, 0.15) is 27.9 Å². The monoisotopic (exact) mass is 298 g/mol. The number of aliphatic carboxylic acids is 1. The van der Waals surface area contributed by atoms with Gasteiger partial charge in [-0.1, -0.05) is 24.3 Å². The molecule has 0 bridgehead atoms. The number of amides is 1. The van der Waals surface area contributed by atoms with Gasteiger partial charge in [-0.15, -0.1) is 0 Å². The average Bonchev–Trinajstić information content (AvgIpc) is 2.49. The zero-order valence-corrected chi connectivity index (χ0v) is 12.6. The summed E-state index contributed by atoms with van der Waals surface area (Å²) < 4.78 is 0. The molecule has 0 aliphatic heterocycles. The van der Waals surface area contributed by atoms with Crippen LogP contribution < -0.4 is 4.90 Å². The fourth-order valence-corrected chi connectivity index (χ4v) is 2.11. The van der Waals surface area contributed by atoms with Crippen LogP contribution in [0.3, 0.4) is 0 Å². The lowest BCUT2D eigenvalue weighted by Crippen LogP contribution is -2.34. The molecule has 5 nitrogen and oxygen atoms in total. The summed E-state index contributed by atoms with van der Waals surface area (Å²) in [6.45, 7) is 3.84. The summed E-state index contributed by atoms with van der Waals surface area (Å²) in [5, 5.41) is 8.90. The fraction of sp³-hybridized carbons (Fsp3) is 0.235. The maximum Gasteiger partial charge on any atom is 0.305 e. The molecule has 0 aliphatic carbocycles. The third-order valence-electron chi connectivity index (χ3n) is 3.34. The molecule has 0 saturated carbocycles. The maximum absolute atomic E-state index is 12.8. The Hall–Kier alpha value is -2.69. The molecule has 2 aromatic rings. The van der Waals surface area contributed by atoms with Gasteiger partial charge in [-0.05, 0) is 37.1 Å². The van der Waals surface area contributed by atoms with E-state index in [1.54, 1.807) is 24.4 Å². The van der Waals surface area contributed by atoms with Crippen molar-refractivity contribution in [3.8, 4) is 0 Å². The number of carboxylic acid groups (broad SMARTS) is 1. The highest BCUT2D eigenvalue weighted by atomic mass is 16.4. The highest BCUT2D eigenvalue weighted by Crippen LogP contribution is 2.17. The van der Waals surface area contributed by atoms with Gasteiger partial charge in [0.05, 0.1) is 6.42 Å². The normalized spacial score (nSPS) is 10.3. The molecular weight excluding hydrogens is 280 g/mol. The topological polar surface area (TPSA) is 70.5 Å². The van der Waals surface area contributed by atoms with Crippen molar-refractivity contribution in [2.75, 3.05) is 11.4 Å². The van der Waals surface area contributed by atoms with Gasteiger partial charge in [-0.25, -0.2) is 4.98 Å². The van der Waals surface area contributed by atoms with E-state index in [1.807, 2.05) is 32.0 Å². The van der Waals surface area contributed by atoms with E-state index in [0.717, 1.165) is 11.1 Å². The molecule has 5 heteroatoms. The molecule has 1 aromatic carbocycles. The molecule has 0 spiro atoms. The molecule has 0 aliphatic rings. The lowest BCUT2D eigenvalue weighted by Gasteiger charge is -2.22. The minimum Gasteiger partial charge on any atom is -0.481 e. The molecule has 2 rings (SSSR count). The van der Waals surface area contributed by atoms with Gasteiger partial charge in [-0.3, -0.25) is 14.5 Å². The zero-order valence-electron chi connectivity index (χ0n) is 12.6. The number of carbonyl (C=O) groups excluding carboxylic acids is 1. The second kappa shape index (κ2) is 6.85. The van der Waals surface area contributed by atoms with Crippen LogP contribution in [-0.4, -0.2) is 28.5 Å². The van der Waals surface area contributed by atoms with Crippen LogP contribution in [0.2, 0.25) is 0 Å². The first-order valence-electron chi connectivity index (χ1n) is 7.01. The van der Waals surface area contributed by atoms with Crippen LogP contribution in [0.5, 0.6) is 0 Å². The predicted octanol–water partition coefficient (Wildman–Crippen LogP) is 2.82. The van der Waals surface area contributed by atoms with Crippen molar-refractivity contribution >= 4 is 17.7 Å². The summed E-state index contributed by atoms with van der Waals surface area (Å²) in [6.07, 6.45) is 1.53. The van der Waals surface area contributed by atoms with E-state index in [4.69, 9.17) is 5.11 Å². The van der Waals surface area contributed by atoms with Gasteiger partial charge in [-0.2, -0.15) is 0 Å². The summed E-state index contributed by atoms with van der Waals surface area (Å²) in [5.74, 6) is -0.731. The van der Waals surface area contributed by atoms with Crippen molar-refractivity contribution in [1.82, 2.24) is 4.98 Å². The van der Waals surface area contributed by atoms with Gasteiger partial charge in [0.2, 0.25) is 0 Å². The Balaban J connectivity index is 2.35. The number of anilines is 1. The second-order valence-electron chi connectivity index (χ2n) is 5.11. The lowest BCUT2D eigenvalue weighted by atomic mass is 10.1. The Morgan fingerprint density at radius 3 is 2.45 bits per heavy atom. The van der Waals surface area contributed by atoms with Gasteiger partial charge in [0.15, 0.2) is 0 Å². The van der Waals surface area contributed by atoms with Crippen LogP contribution in [0, 0.1) is 13.8 Å². The van der Waals surface area contributed by atoms with Crippen LogP contribution in [0.15, 0.2) is 42.6 Å². The maximum atomic E-state index is 12.8. The summed E-state index contributed by atoms with van der Waals surface area (Å²) >= 11 is 0. The Morgan fingerprint density at radius 1 is 1.14 bits per heavy atom.